The highest BCUT2D eigenvalue weighted by Gasteiger charge is 2.17. The van der Waals surface area contributed by atoms with Gasteiger partial charge in [0.15, 0.2) is 0 Å². The van der Waals surface area contributed by atoms with Crippen molar-refractivity contribution in [2.75, 3.05) is 19.6 Å². The van der Waals surface area contributed by atoms with Gasteiger partial charge in [-0.2, -0.15) is 5.10 Å². The molecule has 124 valence electrons. The van der Waals surface area contributed by atoms with Crippen LogP contribution in [-0.4, -0.2) is 40.3 Å². The molecule has 1 unspecified atom stereocenters. The molecule has 3 rings (SSSR count). The van der Waals surface area contributed by atoms with Crippen LogP contribution < -0.4 is 10.6 Å². The molecule has 1 fully saturated rings. The molecule has 0 saturated carbocycles. The molecule has 0 aliphatic carbocycles. The van der Waals surface area contributed by atoms with Crippen molar-refractivity contribution in [3.05, 3.63) is 48.0 Å². The molecule has 1 atom stereocenters. The fourth-order valence-electron chi connectivity index (χ4n) is 2.68. The Morgan fingerprint density at radius 1 is 1.43 bits per heavy atom. The lowest BCUT2D eigenvalue weighted by molar-refractivity contribution is 0.0947. The van der Waals surface area contributed by atoms with Gasteiger partial charge >= 0.3 is 0 Å². The second-order valence-electron chi connectivity index (χ2n) is 5.55. The predicted octanol–water partition coefficient (Wildman–Crippen LogP) is 1.60. The van der Waals surface area contributed by atoms with Gasteiger partial charge < -0.3 is 10.6 Å². The summed E-state index contributed by atoms with van der Waals surface area (Å²) in [5.41, 5.74) is 1.60. The first-order valence-corrected chi connectivity index (χ1v) is 7.76. The standard InChI is InChI=1S/C16H21N5O.ClH/c22-16(19-9-5-13-3-1-7-17-11-13)15-6-10-21(20-15)14-4-2-8-18-12-14;/h1,3,6-7,10-11,14,18H,2,4-5,8-9,12H2,(H,19,22);1H. The molecule has 0 bridgehead atoms. The Kier molecular flexibility index (Phi) is 6.55. The number of aromatic nitrogens is 3. The van der Waals surface area contributed by atoms with Crippen LogP contribution in [0, 0.1) is 0 Å². The summed E-state index contributed by atoms with van der Waals surface area (Å²) in [4.78, 5) is 16.2. The summed E-state index contributed by atoms with van der Waals surface area (Å²) in [5, 5.41) is 10.7. The molecule has 3 heterocycles. The number of carbonyl (C=O) groups excluding carboxylic acids is 1. The van der Waals surface area contributed by atoms with Crippen LogP contribution >= 0.6 is 12.4 Å². The van der Waals surface area contributed by atoms with Crippen LogP contribution in [0.3, 0.4) is 0 Å². The van der Waals surface area contributed by atoms with Gasteiger partial charge in [0.2, 0.25) is 0 Å². The number of hydrogen-bond acceptors (Lipinski definition) is 4. The molecule has 1 saturated heterocycles. The van der Waals surface area contributed by atoms with Gasteiger partial charge in [-0.15, -0.1) is 12.4 Å². The van der Waals surface area contributed by atoms with Crippen molar-refractivity contribution in [3.63, 3.8) is 0 Å². The Labute approximate surface area is 142 Å². The third-order valence-electron chi connectivity index (χ3n) is 3.91. The van der Waals surface area contributed by atoms with Crippen molar-refractivity contribution < 1.29 is 4.79 Å². The van der Waals surface area contributed by atoms with Crippen LogP contribution in [0.15, 0.2) is 36.8 Å². The average molecular weight is 336 g/mol. The first-order chi connectivity index (χ1) is 10.8. The fraction of sp³-hybridized carbons (Fsp3) is 0.438. The van der Waals surface area contributed by atoms with Gasteiger partial charge in [0, 0.05) is 31.7 Å². The van der Waals surface area contributed by atoms with E-state index in [4.69, 9.17) is 0 Å². The molecule has 1 aliphatic heterocycles. The molecule has 0 spiro atoms. The Morgan fingerprint density at radius 2 is 2.35 bits per heavy atom. The number of nitrogens with one attached hydrogen (secondary N) is 2. The summed E-state index contributed by atoms with van der Waals surface area (Å²) in [6.45, 7) is 2.57. The van der Waals surface area contributed by atoms with Crippen molar-refractivity contribution in [2.24, 2.45) is 0 Å². The molecule has 7 heteroatoms. The highest BCUT2D eigenvalue weighted by molar-refractivity contribution is 5.92. The molecular formula is C16H22ClN5O. The van der Waals surface area contributed by atoms with Crippen LogP contribution in [0.4, 0.5) is 0 Å². The number of piperidine rings is 1. The predicted molar refractivity (Wildman–Crippen MR) is 90.9 cm³/mol. The van der Waals surface area contributed by atoms with Crippen molar-refractivity contribution in [1.29, 1.82) is 0 Å². The Morgan fingerprint density at radius 3 is 3.09 bits per heavy atom. The van der Waals surface area contributed by atoms with E-state index < -0.39 is 0 Å². The Bertz CT molecular complexity index is 610. The highest BCUT2D eigenvalue weighted by Crippen LogP contribution is 2.15. The molecule has 0 aromatic carbocycles. The van der Waals surface area contributed by atoms with Crippen molar-refractivity contribution in [2.45, 2.75) is 25.3 Å². The number of rotatable bonds is 5. The van der Waals surface area contributed by atoms with Crippen LogP contribution in [0.5, 0.6) is 0 Å². The summed E-state index contributed by atoms with van der Waals surface area (Å²) in [7, 11) is 0. The molecular weight excluding hydrogens is 314 g/mol. The lowest BCUT2D eigenvalue weighted by atomic mass is 10.1. The second kappa shape index (κ2) is 8.64. The van der Waals surface area contributed by atoms with Gasteiger partial charge in [0.1, 0.15) is 5.69 Å². The van der Waals surface area contributed by atoms with E-state index in [0.29, 0.717) is 18.3 Å². The number of hydrogen-bond donors (Lipinski definition) is 2. The summed E-state index contributed by atoms with van der Waals surface area (Å²) >= 11 is 0. The molecule has 2 aromatic rings. The summed E-state index contributed by atoms with van der Waals surface area (Å²) in [6.07, 6.45) is 8.49. The quantitative estimate of drug-likeness (QED) is 0.870. The van der Waals surface area contributed by atoms with E-state index >= 15 is 0 Å². The van der Waals surface area contributed by atoms with Crippen molar-refractivity contribution in [1.82, 2.24) is 25.4 Å². The maximum atomic E-state index is 12.1. The van der Waals surface area contributed by atoms with E-state index in [1.807, 2.05) is 29.2 Å². The van der Waals surface area contributed by atoms with E-state index in [-0.39, 0.29) is 18.3 Å². The highest BCUT2D eigenvalue weighted by atomic mass is 35.5. The monoisotopic (exact) mass is 335 g/mol. The molecule has 1 aliphatic rings. The van der Waals surface area contributed by atoms with Crippen molar-refractivity contribution >= 4 is 18.3 Å². The first kappa shape index (κ1) is 17.4. The SMILES string of the molecule is Cl.O=C(NCCc1cccnc1)c1ccn(C2CCCNC2)n1. The van der Waals surface area contributed by atoms with E-state index in [2.05, 4.69) is 20.7 Å². The number of pyridine rings is 1. The zero-order valence-corrected chi connectivity index (χ0v) is 13.8. The van der Waals surface area contributed by atoms with Crippen LogP contribution in [0.1, 0.15) is 34.9 Å². The van der Waals surface area contributed by atoms with Crippen molar-refractivity contribution in [3.8, 4) is 0 Å². The normalized spacial score (nSPS) is 17.3. The first-order valence-electron chi connectivity index (χ1n) is 7.76. The number of carbonyl (C=O) groups is 1. The van der Waals surface area contributed by atoms with E-state index in [9.17, 15) is 4.79 Å². The molecule has 1 amide bonds. The van der Waals surface area contributed by atoms with E-state index in [1.165, 1.54) is 0 Å². The largest absolute Gasteiger partial charge is 0.350 e. The number of amides is 1. The third kappa shape index (κ3) is 4.77. The summed E-state index contributed by atoms with van der Waals surface area (Å²) in [5.74, 6) is -0.119. The molecule has 2 N–H and O–H groups in total. The zero-order valence-electron chi connectivity index (χ0n) is 12.9. The average Bonchev–Trinajstić information content (AvgIpc) is 3.07. The topological polar surface area (TPSA) is 71.8 Å². The van der Waals surface area contributed by atoms with Crippen LogP contribution in [-0.2, 0) is 6.42 Å². The maximum absolute atomic E-state index is 12.1. The summed E-state index contributed by atoms with van der Waals surface area (Å²) in [6, 6.07) is 6.04. The zero-order chi connectivity index (χ0) is 15.2. The second-order valence-corrected chi connectivity index (χ2v) is 5.55. The lowest BCUT2D eigenvalue weighted by Crippen LogP contribution is -2.32. The van der Waals surface area contributed by atoms with E-state index in [1.54, 1.807) is 12.3 Å². The van der Waals surface area contributed by atoms with Gasteiger partial charge in [-0.05, 0) is 43.5 Å². The molecule has 6 nitrogen and oxygen atoms in total. The molecule has 0 radical (unpaired) electrons. The number of halogens is 1. The minimum atomic E-state index is -0.119. The Hall–Kier alpha value is -1.92. The van der Waals surface area contributed by atoms with Gasteiger partial charge in [0.25, 0.3) is 5.91 Å². The van der Waals surface area contributed by atoms with Crippen LogP contribution in [0.25, 0.3) is 0 Å². The Balaban J connectivity index is 0.00000192. The lowest BCUT2D eigenvalue weighted by Gasteiger charge is -2.22. The fourth-order valence-corrected chi connectivity index (χ4v) is 2.68. The minimum Gasteiger partial charge on any atom is -0.350 e. The van der Waals surface area contributed by atoms with Crippen LogP contribution in [0.2, 0.25) is 0 Å². The van der Waals surface area contributed by atoms with Gasteiger partial charge in [-0.25, -0.2) is 0 Å². The molecule has 23 heavy (non-hydrogen) atoms. The van der Waals surface area contributed by atoms with Gasteiger partial charge in [-0.1, -0.05) is 6.07 Å². The summed E-state index contributed by atoms with van der Waals surface area (Å²) < 4.78 is 1.90. The van der Waals surface area contributed by atoms with Gasteiger partial charge in [-0.3, -0.25) is 14.5 Å². The number of nitrogens with zero attached hydrogens (tertiary/aromatic N) is 3. The molecule has 2 aromatic heterocycles. The van der Waals surface area contributed by atoms with Gasteiger partial charge in [0.05, 0.1) is 6.04 Å². The maximum Gasteiger partial charge on any atom is 0.271 e. The minimum absolute atomic E-state index is 0. The van der Waals surface area contributed by atoms with E-state index in [0.717, 1.165) is 37.9 Å². The smallest absolute Gasteiger partial charge is 0.271 e. The third-order valence-corrected chi connectivity index (χ3v) is 3.91.